The number of cyclic esters (lactones) is 1. The van der Waals surface area contributed by atoms with Gasteiger partial charge in [-0.05, 0) is 120 Å². The molecule has 0 aromatic heterocycles. The third kappa shape index (κ3) is 9.28. The van der Waals surface area contributed by atoms with Crippen molar-refractivity contribution in [3.8, 4) is 0 Å². The number of carbonyl (C=O) groups excluding carboxylic acids is 2. The lowest BCUT2D eigenvalue weighted by Gasteiger charge is -2.47. The second kappa shape index (κ2) is 16.4. The molecule has 2 unspecified atom stereocenters. The molecule has 290 valence electrons. The standard InChI is InChI=1S/C38H69N3O9/c1-23-19-38(9,45-13)33(49-34-31(42)28(39(10)11)18-24(2)48-34)25(3)32(43)36(5,6)35(44)46-21-29(40(12)20-23)27-14-16-41(17-15-27)26(4)30-22-47-37(7,8)50-30/h23-31,33-34,42H,14-22H2,1-13H3/t23-,24-,25+,26?,28+,29?,30-,31-,33-,34+,38-/m1/s1. The second-order valence-corrected chi connectivity index (χ2v) is 17.3. The molecule has 4 heterocycles. The van der Waals surface area contributed by atoms with Gasteiger partial charge in [0.25, 0.3) is 0 Å². The van der Waals surface area contributed by atoms with Crippen LogP contribution in [-0.4, -0.2) is 153 Å². The summed E-state index contributed by atoms with van der Waals surface area (Å²) in [6, 6.07) is 0.0479. The minimum Gasteiger partial charge on any atom is -0.463 e. The quantitative estimate of drug-likeness (QED) is 0.307. The van der Waals surface area contributed by atoms with Crippen LogP contribution in [0.25, 0.3) is 0 Å². The maximum atomic E-state index is 14.3. The molecule has 0 aliphatic carbocycles. The number of piperidine rings is 1. The number of esters is 1. The van der Waals surface area contributed by atoms with Crippen LogP contribution in [0.5, 0.6) is 0 Å². The molecule has 0 amide bonds. The van der Waals surface area contributed by atoms with Gasteiger partial charge in [-0.3, -0.25) is 19.4 Å². The first kappa shape index (κ1) is 41.5. The molecule has 12 nitrogen and oxygen atoms in total. The van der Waals surface area contributed by atoms with E-state index in [4.69, 9.17) is 28.4 Å². The average Bonchev–Trinajstić information content (AvgIpc) is 3.42. The van der Waals surface area contributed by atoms with Crippen molar-refractivity contribution < 1.29 is 43.1 Å². The van der Waals surface area contributed by atoms with Crippen LogP contribution in [0.2, 0.25) is 0 Å². The summed E-state index contributed by atoms with van der Waals surface area (Å²) in [5.41, 5.74) is -2.36. The van der Waals surface area contributed by atoms with Gasteiger partial charge in [0.2, 0.25) is 0 Å². The zero-order chi connectivity index (χ0) is 37.3. The van der Waals surface area contributed by atoms with Crippen LogP contribution >= 0.6 is 0 Å². The molecule has 0 aromatic carbocycles. The van der Waals surface area contributed by atoms with Crippen LogP contribution in [0.4, 0.5) is 0 Å². The van der Waals surface area contributed by atoms with Crippen LogP contribution in [0.15, 0.2) is 0 Å². The van der Waals surface area contributed by atoms with Gasteiger partial charge in [-0.1, -0.05) is 13.8 Å². The highest BCUT2D eigenvalue weighted by atomic mass is 16.7. The van der Waals surface area contributed by atoms with Crippen molar-refractivity contribution in [3.05, 3.63) is 0 Å². The number of likely N-dealkylation sites (N-methyl/N-ethyl adjacent to an activating group) is 2. The fourth-order valence-corrected chi connectivity index (χ4v) is 8.96. The number of hydrogen-bond acceptors (Lipinski definition) is 12. The highest BCUT2D eigenvalue weighted by Crippen LogP contribution is 2.39. The van der Waals surface area contributed by atoms with Crippen LogP contribution in [0.3, 0.4) is 0 Å². The minimum atomic E-state index is -1.43. The van der Waals surface area contributed by atoms with Crippen molar-refractivity contribution in [2.24, 2.45) is 23.2 Å². The van der Waals surface area contributed by atoms with E-state index in [0.29, 0.717) is 25.4 Å². The van der Waals surface area contributed by atoms with Crippen molar-refractivity contribution >= 4 is 11.8 Å². The number of ether oxygens (including phenoxy) is 6. The zero-order valence-corrected chi connectivity index (χ0v) is 33.3. The van der Waals surface area contributed by atoms with Gasteiger partial charge in [0.15, 0.2) is 17.9 Å². The number of carbonyl (C=O) groups is 2. The molecule has 0 aromatic rings. The molecule has 12 heteroatoms. The largest absolute Gasteiger partial charge is 0.463 e. The minimum absolute atomic E-state index is 0.0102. The van der Waals surface area contributed by atoms with E-state index in [-0.39, 0.29) is 48.6 Å². The summed E-state index contributed by atoms with van der Waals surface area (Å²) in [7, 11) is 7.62. The molecular weight excluding hydrogens is 642 g/mol. The lowest BCUT2D eigenvalue weighted by atomic mass is 9.74. The van der Waals surface area contributed by atoms with E-state index < -0.39 is 47.2 Å². The molecule has 4 fully saturated rings. The van der Waals surface area contributed by atoms with Crippen LogP contribution < -0.4 is 0 Å². The van der Waals surface area contributed by atoms with Crippen LogP contribution in [-0.2, 0) is 38.0 Å². The third-order valence-corrected chi connectivity index (χ3v) is 12.2. The SMILES string of the molecule is CO[C@]1(C)C[C@@H](C)CN(C)C(C2CCN(C(C)[C@H]3COC(C)(C)O3)CC2)COC(=O)C(C)(C)C(=O)[C@H](C)[C@H]1O[C@@H]1O[C@H](C)C[C@H](N(C)C)[C@H]1O. The number of nitrogens with zero attached hydrogens (tertiary/aromatic N) is 3. The van der Waals surface area contributed by atoms with E-state index in [9.17, 15) is 14.7 Å². The molecule has 4 aliphatic rings. The summed E-state index contributed by atoms with van der Waals surface area (Å²) < 4.78 is 37.2. The number of aliphatic hydroxyl groups is 1. The Balaban J connectivity index is 1.56. The van der Waals surface area contributed by atoms with Gasteiger partial charge in [-0.25, -0.2) is 0 Å². The van der Waals surface area contributed by atoms with E-state index in [2.05, 4.69) is 30.7 Å². The van der Waals surface area contributed by atoms with Crippen molar-refractivity contribution in [1.29, 1.82) is 0 Å². The van der Waals surface area contributed by atoms with Crippen molar-refractivity contribution in [1.82, 2.24) is 14.7 Å². The Hall–Kier alpha value is -1.22. The number of likely N-dealkylation sites (tertiary alicyclic amines) is 1. The Labute approximate surface area is 301 Å². The van der Waals surface area contributed by atoms with Gasteiger partial charge in [0, 0.05) is 37.7 Å². The molecule has 4 aliphatic heterocycles. The predicted molar refractivity (Wildman–Crippen MR) is 190 cm³/mol. The van der Waals surface area contributed by atoms with E-state index in [1.165, 1.54) is 0 Å². The van der Waals surface area contributed by atoms with Gasteiger partial charge >= 0.3 is 5.97 Å². The highest BCUT2D eigenvalue weighted by molar-refractivity contribution is 6.04. The maximum Gasteiger partial charge on any atom is 0.319 e. The summed E-state index contributed by atoms with van der Waals surface area (Å²) in [6.45, 7) is 20.7. The predicted octanol–water partition coefficient (Wildman–Crippen LogP) is 3.57. The molecule has 0 saturated carbocycles. The number of rotatable bonds is 7. The first-order valence-corrected chi connectivity index (χ1v) is 18.9. The first-order chi connectivity index (χ1) is 23.2. The van der Waals surface area contributed by atoms with E-state index in [1.54, 1.807) is 27.9 Å². The molecule has 1 N–H and O–H groups in total. The summed E-state index contributed by atoms with van der Waals surface area (Å²) in [5.74, 6) is -1.70. The molecule has 0 radical (unpaired) electrons. The fourth-order valence-electron chi connectivity index (χ4n) is 8.96. The number of methoxy groups -OCH3 is 1. The topological polar surface area (TPSA) is 119 Å². The van der Waals surface area contributed by atoms with Gasteiger partial charge in [-0.15, -0.1) is 0 Å². The summed E-state index contributed by atoms with van der Waals surface area (Å²) in [6.07, 6.45) is 0.323. The Bertz CT molecular complexity index is 1140. The Morgan fingerprint density at radius 2 is 1.66 bits per heavy atom. The zero-order valence-electron chi connectivity index (χ0n) is 33.3. The second-order valence-electron chi connectivity index (χ2n) is 17.3. The lowest BCUT2D eigenvalue weighted by Crippen LogP contribution is -2.59. The normalized spacial score (nSPS) is 40.9. The van der Waals surface area contributed by atoms with Crippen LogP contribution in [0.1, 0.15) is 88.0 Å². The van der Waals surface area contributed by atoms with Crippen molar-refractivity contribution in [3.63, 3.8) is 0 Å². The smallest absolute Gasteiger partial charge is 0.319 e. The molecule has 0 bridgehead atoms. The van der Waals surface area contributed by atoms with E-state index >= 15 is 0 Å². The first-order valence-electron chi connectivity index (χ1n) is 18.9. The monoisotopic (exact) mass is 712 g/mol. The number of Topliss-reactive ketones (excluding diaryl/α,β-unsaturated/α-hetero) is 1. The van der Waals surface area contributed by atoms with E-state index in [1.807, 2.05) is 46.7 Å². The molecule has 4 rings (SSSR count). The fraction of sp³-hybridized carbons (Fsp3) is 0.947. The summed E-state index contributed by atoms with van der Waals surface area (Å²) in [5, 5.41) is 11.4. The van der Waals surface area contributed by atoms with Gasteiger partial charge in [0.1, 0.15) is 18.1 Å². The molecular formula is C38H69N3O9. The van der Waals surface area contributed by atoms with Crippen molar-refractivity contribution in [2.75, 3.05) is 61.1 Å². The molecule has 50 heavy (non-hydrogen) atoms. The van der Waals surface area contributed by atoms with Gasteiger partial charge in [-0.2, -0.15) is 0 Å². The number of hydrogen-bond donors (Lipinski definition) is 1. The van der Waals surface area contributed by atoms with Gasteiger partial charge < -0.3 is 38.4 Å². The number of aliphatic hydroxyl groups excluding tert-OH is 1. The molecule has 4 saturated heterocycles. The lowest BCUT2D eigenvalue weighted by molar-refractivity contribution is -0.295. The maximum absolute atomic E-state index is 14.3. The highest BCUT2D eigenvalue weighted by Gasteiger charge is 2.52. The molecule has 0 spiro atoms. The third-order valence-electron chi connectivity index (χ3n) is 12.2. The summed E-state index contributed by atoms with van der Waals surface area (Å²) >= 11 is 0. The Morgan fingerprint density at radius 1 is 1.02 bits per heavy atom. The number of ketones is 1. The summed E-state index contributed by atoms with van der Waals surface area (Å²) in [4.78, 5) is 35.0. The Kier molecular flexibility index (Phi) is 13.6. The Morgan fingerprint density at radius 3 is 2.22 bits per heavy atom. The van der Waals surface area contributed by atoms with Crippen molar-refractivity contribution in [2.45, 2.75) is 148 Å². The molecule has 11 atom stereocenters. The average molecular weight is 712 g/mol. The van der Waals surface area contributed by atoms with Gasteiger partial charge in [0.05, 0.1) is 30.5 Å². The van der Waals surface area contributed by atoms with Crippen LogP contribution in [0, 0.1) is 23.2 Å². The van der Waals surface area contributed by atoms with E-state index in [0.717, 1.165) is 32.5 Å².